The van der Waals surface area contributed by atoms with Crippen molar-refractivity contribution in [3.63, 3.8) is 0 Å². The second-order valence-corrected chi connectivity index (χ2v) is 7.57. The normalized spacial score (nSPS) is 12.2. The maximum Gasteiger partial charge on any atom is 0.258 e. The molecule has 1 aliphatic carbocycles. The van der Waals surface area contributed by atoms with Gasteiger partial charge in [0.1, 0.15) is 17.3 Å². The first-order valence-electron chi connectivity index (χ1n) is 9.92. The topological polar surface area (TPSA) is 46.3 Å². The molecular weight excluding hydrogens is 398 g/mol. The number of amides is 1. The Morgan fingerprint density at radius 3 is 2.42 bits per heavy atom. The van der Waals surface area contributed by atoms with Crippen LogP contribution < -0.4 is 4.90 Å². The molecule has 4 aromatic rings. The molecule has 4 nitrogen and oxygen atoms in total. The van der Waals surface area contributed by atoms with Crippen LogP contribution in [0.1, 0.15) is 21.5 Å². The zero-order valence-electron chi connectivity index (χ0n) is 16.7. The summed E-state index contributed by atoms with van der Waals surface area (Å²) < 4.78 is 32.6. The van der Waals surface area contributed by atoms with E-state index >= 15 is 0 Å². The quantitative estimate of drug-likeness (QED) is 0.433. The van der Waals surface area contributed by atoms with Crippen LogP contribution in [0.4, 0.5) is 14.5 Å². The highest BCUT2D eigenvalue weighted by molar-refractivity contribution is 6.05. The second-order valence-electron chi connectivity index (χ2n) is 7.57. The van der Waals surface area contributed by atoms with E-state index in [4.69, 9.17) is 4.52 Å². The first kappa shape index (κ1) is 19.2. The predicted molar refractivity (Wildman–Crippen MR) is 114 cm³/mol. The number of aromatic nitrogens is 1. The molecule has 1 amide bonds. The molecule has 5 rings (SSSR count). The maximum absolute atomic E-state index is 13.5. The Balaban J connectivity index is 1.43. The van der Waals surface area contributed by atoms with Gasteiger partial charge in [0.15, 0.2) is 5.76 Å². The van der Waals surface area contributed by atoms with Crippen LogP contribution in [-0.2, 0) is 12.8 Å². The average Bonchev–Trinajstić information content (AvgIpc) is 3.22. The van der Waals surface area contributed by atoms with Crippen molar-refractivity contribution in [1.29, 1.82) is 0 Å². The Labute approximate surface area is 177 Å². The van der Waals surface area contributed by atoms with Crippen molar-refractivity contribution < 1.29 is 18.1 Å². The largest absolute Gasteiger partial charge is 0.355 e. The number of carbonyl (C=O) groups excluding carboxylic acids is 1. The summed E-state index contributed by atoms with van der Waals surface area (Å²) in [5, 5.41) is 4.31. The van der Waals surface area contributed by atoms with E-state index in [2.05, 4.69) is 17.3 Å². The van der Waals surface area contributed by atoms with Gasteiger partial charge in [-0.25, -0.2) is 8.78 Å². The molecule has 0 aliphatic heterocycles. The lowest BCUT2D eigenvalue weighted by molar-refractivity contribution is 0.0992. The van der Waals surface area contributed by atoms with Crippen molar-refractivity contribution in [3.05, 3.63) is 95.1 Å². The maximum atomic E-state index is 13.5. The molecule has 1 heterocycles. The van der Waals surface area contributed by atoms with Crippen molar-refractivity contribution in [2.45, 2.75) is 12.8 Å². The lowest BCUT2D eigenvalue weighted by atomic mass is 9.88. The molecule has 0 saturated carbocycles. The molecular formula is C25H18F2N2O2. The number of rotatable bonds is 3. The zero-order chi connectivity index (χ0) is 21.5. The molecule has 0 spiro atoms. The number of hydrogen-bond acceptors (Lipinski definition) is 3. The van der Waals surface area contributed by atoms with Crippen LogP contribution in [-0.4, -0.2) is 18.1 Å². The number of halogens is 2. The standard InChI is InChI=1S/C25H18F2N2O2/c1-29(25(30)17-12-18(26)14-19(27)13-17)20-9-6-16(7-10-20)24-22-11-8-15-4-2-3-5-21(15)23(22)28-31-24/h2-7,9-10,12-14H,8,11H2,1H3. The third-order valence-corrected chi connectivity index (χ3v) is 5.64. The molecule has 0 fully saturated rings. The molecule has 0 bridgehead atoms. The smallest absolute Gasteiger partial charge is 0.258 e. The Hall–Kier alpha value is -3.80. The molecule has 0 radical (unpaired) electrons. The summed E-state index contributed by atoms with van der Waals surface area (Å²) in [4.78, 5) is 14.0. The fraction of sp³-hybridized carbons (Fsp3) is 0.120. The summed E-state index contributed by atoms with van der Waals surface area (Å²) in [7, 11) is 1.56. The van der Waals surface area contributed by atoms with E-state index in [1.165, 1.54) is 10.5 Å². The monoisotopic (exact) mass is 416 g/mol. The van der Waals surface area contributed by atoms with E-state index in [9.17, 15) is 13.6 Å². The first-order valence-corrected chi connectivity index (χ1v) is 9.92. The van der Waals surface area contributed by atoms with Gasteiger partial charge in [-0.1, -0.05) is 29.4 Å². The van der Waals surface area contributed by atoms with Gasteiger partial charge in [0.2, 0.25) is 0 Å². The molecule has 1 aromatic heterocycles. The van der Waals surface area contributed by atoms with Crippen molar-refractivity contribution in [3.8, 4) is 22.6 Å². The molecule has 0 atom stereocenters. The van der Waals surface area contributed by atoms with Gasteiger partial charge in [-0.3, -0.25) is 4.79 Å². The molecule has 31 heavy (non-hydrogen) atoms. The highest BCUT2D eigenvalue weighted by Crippen LogP contribution is 2.38. The Morgan fingerprint density at radius 1 is 0.968 bits per heavy atom. The van der Waals surface area contributed by atoms with Crippen LogP contribution in [0.5, 0.6) is 0 Å². The minimum absolute atomic E-state index is 0.0490. The lowest BCUT2D eigenvalue weighted by Crippen LogP contribution is -2.26. The number of hydrogen-bond donors (Lipinski definition) is 0. The summed E-state index contributed by atoms with van der Waals surface area (Å²) >= 11 is 0. The first-order chi connectivity index (χ1) is 15.0. The van der Waals surface area contributed by atoms with Crippen LogP contribution in [0.3, 0.4) is 0 Å². The van der Waals surface area contributed by atoms with E-state index in [-0.39, 0.29) is 5.56 Å². The van der Waals surface area contributed by atoms with E-state index in [0.29, 0.717) is 5.69 Å². The van der Waals surface area contributed by atoms with Crippen LogP contribution in [0.25, 0.3) is 22.6 Å². The van der Waals surface area contributed by atoms with Gasteiger partial charge < -0.3 is 9.42 Å². The third-order valence-electron chi connectivity index (χ3n) is 5.64. The number of nitrogens with zero attached hydrogens (tertiary/aromatic N) is 2. The number of aryl methyl sites for hydroxylation is 1. The summed E-state index contributed by atoms with van der Waals surface area (Å²) in [6.45, 7) is 0. The highest BCUT2D eigenvalue weighted by Gasteiger charge is 2.24. The lowest BCUT2D eigenvalue weighted by Gasteiger charge is -2.18. The van der Waals surface area contributed by atoms with Gasteiger partial charge in [-0.05, 0) is 54.8 Å². The number of benzene rings is 3. The fourth-order valence-electron chi connectivity index (χ4n) is 4.03. The third kappa shape index (κ3) is 3.40. The Morgan fingerprint density at radius 2 is 1.68 bits per heavy atom. The van der Waals surface area contributed by atoms with Crippen LogP contribution >= 0.6 is 0 Å². The van der Waals surface area contributed by atoms with Crippen LogP contribution in [0.15, 0.2) is 71.3 Å². The Bertz CT molecular complexity index is 1280. The van der Waals surface area contributed by atoms with E-state index in [1.807, 2.05) is 24.3 Å². The van der Waals surface area contributed by atoms with Gasteiger partial charge in [0.05, 0.1) is 0 Å². The average molecular weight is 416 g/mol. The van der Waals surface area contributed by atoms with Crippen molar-refractivity contribution >= 4 is 11.6 Å². The van der Waals surface area contributed by atoms with Crippen molar-refractivity contribution in [1.82, 2.24) is 5.16 Å². The molecule has 0 saturated heterocycles. The van der Waals surface area contributed by atoms with E-state index < -0.39 is 17.5 Å². The SMILES string of the molecule is CN(C(=O)c1cc(F)cc(F)c1)c1ccc(-c2onc3c2CCc2ccccc2-3)cc1. The van der Waals surface area contributed by atoms with E-state index in [1.54, 1.807) is 19.2 Å². The molecule has 0 N–H and O–H groups in total. The van der Waals surface area contributed by atoms with Crippen molar-refractivity contribution in [2.75, 3.05) is 11.9 Å². The molecule has 3 aromatic carbocycles. The van der Waals surface area contributed by atoms with Crippen LogP contribution in [0, 0.1) is 11.6 Å². The Kier molecular flexibility index (Phi) is 4.62. The summed E-state index contributed by atoms with van der Waals surface area (Å²) in [6, 6.07) is 18.2. The predicted octanol–water partition coefficient (Wildman–Crippen LogP) is 5.66. The number of carbonyl (C=O) groups is 1. The van der Waals surface area contributed by atoms with Crippen LogP contribution in [0.2, 0.25) is 0 Å². The van der Waals surface area contributed by atoms with Crippen molar-refractivity contribution in [2.24, 2.45) is 0 Å². The minimum atomic E-state index is -0.788. The zero-order valence-corrected chi connectivity index (χ0v) is 16.7. The van der Waals surface area contributed by atoms with Gasteiger partial charge in [-0.2, -0.15) is 0 Å². The molecule has 154 valence electrons. The number of fused-ring (bicyclic) bond motifs is 3. The molecule has 1 aliphatic rings. The van der Waals surface area contributed by atoms with Gasteiger partial charge in [-0.15, -0.1) is 0 Å². The number of anilines is 1. The van der Waals surface area contributed by atoms with E-state index in [0.717, 1.165) is 59.2 Å². The minimum Gasteiger partial charge on any atom is -0.355 e. The highest BCUT2D eigenvalue weighted by atomic mass is 19.1. The van der Waals surface area contributed by atoms with Gasteiger partial charge >= 0.3 is 0 Å². The molecule has 0 unspecified atom stereocenters. The van der Waals surface area contributed by atoms with Gasteiger partial charge in [0, 0.05) is 41.1 Å². The van der Waals surface area contributed by atoms with Gasteiger partial charge in [0.25, 0.3) is 5.91 Å². The molecule has 6 heteroatoms. The summed E-state index contributed by atoms with van der Waals surface area (Å²) in [5.41, 5.74) is 5.72. The fourth-order valence-corrected chi connectivity index (χ4v) is 4.03. The second kappa shape index (κ2) is 7.47. The summed E-state index contributed by atoms with van der Waals surface area (Å²) in [6.07, 6.45) is 1.77. The summed E-state index contributed by atoms with van der Waals surface area (Å²) in [5.74, 6) is -1.36.